The molecule has 0 aliphatic carbocycles. The summed E-state index contributed by atoms with van der Waals surface area (Å²) in [6.45, 7) is 0. The fraction of sp³-hybridized carbons (Fsp3) is 0.0714. The average Bonchev–Trinajstić information content (AvgIpc) is 2.92. The zero-order valence-electron chi connectivity index (χ0n) is 11.3. The topological polar surface area (TPSA) is 59.3 Å². The van der Waals surface area contributed by atoms with Crippen LogP contribution in [0.25, 0.3) is 5.65 Å². The summed E-state index contributed by atoms with van der Waals surface area (Å²) < 4.78 is 39.6. The Hall–Kier alpha value is -2.61. The molecule has 2 heterocycles. The number of halogens is 4. The highest BCUT2D eigenvalue weighted by atomic mass is 35.5. The second-order valence-corrected chi connectivity index (χ2v) is 5.00. The Kier molecular flexibility index (Phi) is 3.69. The number of aromatic nitrogens is 3. The zero-order valence-corrected chi connectivity index (χ0v) is 12.1. The summed E-state index contributed by atoms with van der Waals surface area (Å²) in [4.78, 5) is 16.3. The van der Waals surface area contributed by atoms with Crippen LogP contribution >= 0.6 is 11.6 Å². The van der Waals surface area contributed by atoms with Crippen molar-refractivity contribution in [1.82, 2.24) is 14.6 Å². The van der Waals surface area contributed by atoms with E-state index in [4.69, 9.17) is 11.6 Å². The number of carbonyl (C=O) groups is 1. The van der Waals surface area contributed by atoms with E-state index in [2.05, 4.69) is 15.4 Å². The summed E-state index contributed by atoms with van der Waals surface area (Å²) in [6.07, 6.45) is -0.184. The molecule has 1 amide bonds. The molecule has 9 heteroatoms. The Balaban J connectivity index is 1.94. The van der Waals surface area contributed by atoms with E-state index >= 15 is 0 Å². The number of anilines is 1. The maximum absolute atomic E-state index is 12.7. The van der Waals surface area contributed by atoms with Crippen molar-refractivity contribution < 1.29 is 18.0 Å². The molecule has 0 radical (unpaired) electrons. The van der Waals surface area contributed by atoms with Crippen LogP contribution in [-0.4, -0.2) is 20.5 Å². The van der Waals surface area contributed by atoms with Crippen LogP contribution in [0.5, 0.6) is 0 Å². The van der Waals surface area contributed by atoms with Gasteiger partial charge in [-0.2, -0.15) is 18.3 Å². The third kappa shape index (κ3) is 2.98. The molecule has 23 heavy (non-hydrogen) atoms. The van der Waals surface area contributed by atoms with Crippen molar-refractivity contribution in [2.45, 2.75) is 6.18 Å². The molecule has 0 unspecified atom stereocenters. The minimum atomic E-state index is -4.53. The number of fused-ring (bicyclic) bond motifs is 1. The molecule has 0 saturated carbocycles. The molecule has 0 saturated heterocycles. The standard InChI is InChI=1S/C14H8ClF3N4O/c15-10-3-2-8(14(16,17)18)6-11(10)21-13(23)9-7-20-22-5-1-4-19-12(9)22/h1-7H,(H,21,23). The summed E-state index contributed by atoms with van der Waals surface area (Å²) in [5, 5.41) is 6.29. The summed E-state index contributed by atoms with van der Waals surface area (Å²) in [7, 11) is 0. The third-order valence-electron chi connectivity index (χ3n) is 3.07. The molecule has 2 aromatic heterocycles. The molecule has 1 N–H and O–H groups in total. The highest BCUT2D eigenvalue weighted by Crippen LogP contribution is 2.34. The predicted octanol–water partition coefficient (Wildman–Crippen LogP) is 3.65. The van der Waals surface area contributed by atoms with Crippen LogP contribution in [0.2, 0.25) is 5.02 Å². The minimum absolute atomic E-state index is 0.00390. The van der Waals surface area contributed by atoms with Crippen LogP contribution < -0.4 is 5.32 Å². The van der Waals surface area contributed by atoms with Crippen LogP contribution in [0.4, 0.5) is 18.9 Å². The molecule has 3 aromatic rings. The molecule has 0 spiro atoms. The number of amides is 1. The van der Waals surface area contributed by atoms with E-state index < -0.39 is 17.6 Å². The highest BCUT2D eigenvalue weighted by molar-refractivity contribution is 6.34. The lowest BCUT2D eigenvalue weighted by molar-refractivity contribution is -0.137. The van der Waals surface area contributed by atoms with Crippen molar-refractivity contribution >= 4 is 28.8 Å². The van der Waals surface area contributed by atoms with Gasteiger partial charge in [0.1, 0.15) is 5.56 Å². The van der Waals surface area contributed by atoms with Crippen LogP contribution in [0.3, 0.4) is 0 Å². The molecule has 0 bridgehead atoms. The minimum Gasteiger partial charge on any atom is -0.320 e. The second-order valence-electron chi connectivity index (χ2n) is 4.59. The lowest BCUT2D eigenvalue weighted by atomic mass is 10.2. The third-order valence-corrected chi connectivity index (χ3v) is 3.40. The fourth-order valence-corrected chi connectivity index (χ4v) is 2.14. The van der Waals surface area contributed by atoms with Gasteiger partial charge in [-0.3, -0.25) is 4.79 Å². The van der Waals surface area contributed by atoms with Crippen molar-refractivity contribution in [3.63, 3.8) is 0 Å². The Morgan fingerprint density at radius 3 is 2.83 bits per heavy atom. The molecule has 5 nitrogen and oxygen atoms in total. The molecule has 0 atom stereocenters. The van der Waals surface area contributed by atoms with Gasteiger partial charge < -0.3 is 5.32 Å². The van der Waals surface area contributed by atoms with Gasteiger partial charge in [-0.1, -0.05) is 11.6 Å². The lowest BCUT2D eigenvalue weighted by Gasteiger charge is -2.11. The smallest absolute Gasteiger partial charge is 0.320 e. The van der Waals surface area contributed by atoms with E-state index in [9.17, 15) is 18.0 Å². The van der Waals surface area contributed by atoms with Crippen LogP contribution in [0.1, 0.15) is 15.9 Å². The van der Waals surface area contributed by atoms with Crippen molar-refractivity contribution in [3.05, 3.63) is 59.0 Å². The van der Waals surface area contributed by atoms with E-state index in [1.54, 1.807) is 12.3 Å². The molecule has 1 aromatic carbocycles. The summed E-state index contributed by atoms with van der Waals surface area (Å²) in [5.41, 5.74) is -0.635. The van der Waals surface area contributed by atoms with E-state index in [-0.39, 0.29) is 21.9 Å². The average molecular weight is 341 g/mol. The first-order valence-corrected chi connectivity index (χ1v) is 6.70. The fourth-order valence-electron chi connectivity index (χ4n) is 1.97. The van der Waals surface area contributed by atoms with E-state index in [1.165, 1.54) is 16.9 Å². The number of hydrogen-bond donors (Lipinski definition) is 1. The van der Waals surface area contributed by atoms with Crippen molar-refractivity contribution in [3.8, 4) is 0 Å². The van der Waals surface area contributed by atoms with Gasteiger partial charge >= 0.3 is 6.18 Å². The zero-order chi connectivity index (χ0) is 16.6. The lowest BCUT2D eigenvalue weighted by Crippen LogP contribution is -2.13. The molecule has 0 aliphatic rings. The molecule has 118 valence electrons. The summed E-state index contributed by atoms with van der Waals surface area (Å²) in [5.74, 6) is -0.653. The quantitative estimate of drug-likeness (QED) is 0.774. The SMILES string of the molecule is O=C(Nc1cc(C(F)(F)F)ccc1Cl)c1cnn2cccnc12. The number of alkyl halides is 3. The van der Waals surface area contributed by atoms with Gasteiger partial charge in [0.15, 0.2) is 5.65 Å². The first-order valence-electron chi connectivity index (χ1n) is 6.33. The number of nitrogens with zero attached hydrogens (tertiary/aromatic N) is 3. The van der Waals surface area contributed by atoms with Gasteiger partial charge in [-0.05, 0) is 24.3 Å². The normalized spacial score (nSPS) is 11.7. The molecule has 0 fully saturated rings. The van der Waals surface area contributed by atoms with E-state index in [0.29, 0.717) is 0 Å². The summed E-state index contributed by atoms with van der Waals surface area (Å²) >= 11 is 5.85. The van der Waals surface area contributed by atoms with Crippen LogP contribution in [0, 0.1) is 0 Å². The predicted molar refractivity (Wildman–Crippen MR) is 77.4 cm³/mol. The summed E-state index contributed by atoms with van der Waals surface area (Å²) in [6, 6.07) is 4.33. The van der Waals surface area contributed by atoms with Gasteiger partial charge in [0.05, 0.1) is 22.5 Å². The Morgan fingerprint density at radius 2 is 2.09 bits per heavy atom. The number of nitrogens with one attached hydrogen (secondary N) is 1. The van der Waals surface area contributed by atoms with Gasteiger partial charge in [-0.25, -0.2) is 9.50 Å². The number of rotatable bonds is 2. The van der Waals surface area contributed by atoms with Gasteiger partial charge in [0, 0.05) is 12.4 Å². The molecular formula is C14H8ClF3N4O. The molecular weight excluding hydrogens is 333 g/mol. The van der Waals surface area contributed by atoms with E-state index in [1.807, 2.05) is 0 Å². The Bertz CT molecular complexity index is 891. The maximum Gasteiger partial charge on any atom is 0.416 e. The van der Waals surface area contributed by atoms with Crippen molar-refractivity contribution in [2.24, 2.45) is 0 Å². The molecule has 0 aliphatic heterocycles. The van der Waals surface area contributed by atoms with Gasteiger partial charge in [0.25, 0.3) is 5.91 Å². The second kappa shape index (κ2) is 5.54. The van der Waals surface area contributed by atoms with E-state index in [0.717, 1.165) is 18.2 Å². The first kappa shape index (κ1) is 15.3. The van der Waals surface area contributed by atoms with Crippen LogP contribution in [0.15, 0.2) is 42.9 Å². The van der Waals surface area contributed by atoms with Gasteiger partial charge in [-0.15, -0.1) is 0 Å². The molecule has 3 rings (SSSR count). The van der Waals surface area contributed by atoms with Gasteiger partial charge in [0.2, 0.25) is 0 Å². The first-order chi connectivity index (χ1) is 10.9. The number of benzene rings is 1. The van der Waals surface area contributed by atoms with Crippen molar-refractivity contribution in [1.29, 1.82) is 0 Å². The van der Waals surface area contributed by atoms with Crippen LogP contribution in [-0.2, 0) is 6.18 Å². The number of hydrogen-bond acceptors (Lipinski definition) is 3. The van der Waals surface area contributed by atoms with Crippen molar-refractivity contribution in [2.75, 3.05) is 5.32 Å². The monoisotopic (exact) mass is 340 g/mol. The number of carbonyl (C=O) groups excluding carboxylic acids is 1. The maximum atomic E-state index is 12.7. The highest BCUT2D eigenvalue weighted by Gasteiger charge is 2.31. The Labute approximate surface area is 132 Å². The Morgan fingerprint density at radius 1 is 1.30 bits per heavy atom. The largest absolute Gasteiger partial charge is 0.416 e.